The molecule has 0 bridgehead atoms. The monoisotopic (exact) mass is 362 g/mol. The minimum Gasteiger partial charge on any atom is -0.497 e. The summed E-state index contributed by atoms with van der Waals surface area (Å²) in [6.07, 6.45) is 0.674. The lowest BCUT2D eigenvalue weighted by molar-refractivity contribution is 0.0712. The van der Waals surface area contributed by atoms with Crippen LogP contribution in [0.5, 0.6) is 5.75 Å². The van der Waals surface area contributed by atoms with Crippen molar-refractivity contribution in [3.63, 3.8) is 0 Å². The maximum Gasteiger partial charge on any atom is 0.275 e. The fourth-order valence-corrected chi connectivity index (χ4v) is 3.76. The lowest BCUT2D eigenvalue weighted by Gasteiger charge is -2.21. The zero-order valence-corrected chi connectivity index (χ0v) is 15.1. The fourth-order valence-electron chi connectivity index (χ4n) is 3.13. The van der Waals surface area contributed by atoms with Crippen LogP contribution in [0.25, 0.3) is 0 Å². The lowest BCUT2D eigenvalue weighted by atomic mass is 9.98. The highest BCUT2D eigenvalue weighted by atomic mass is 32.1. The van der Waals surface area contributed by atoms with E-state index in [4.69, 9.17) is 9.84 Å². The van der Waals surface area contributed by atoms with Crippen molar-refractivity contribution in [3.8, 4) is 5.75 Å². The first-order valence-electron chi connectivity index (χ1n) is 8.39. The molecule has 0 unspecified atom stereocenters. The molecule has 0 N–H and O–H groups in total. The van der Waals surface area contributed by atoms with E-state index in [1.807, 2.05) is 71.4 Å². The zero-order valence-electron chi connectivity index (χ0n) is 14.3. The maximum absolute atomic E-state index is 13.0. The number of thiophene rings is 1. The Kier molecular flexibility index (Phi) is 4.54. The van der Waals surface area contributed by atoms with E-state index in [1.54, 1.807) is 12.1 Å². The number of rotatable bonds is 4. The lowest BCUT2D eigenvalue weighted by Crippen LogP contribution is -2.26. The van der Waals surface area contributed by atoms with Gasteiger partial charge in [-0.05, 0) is 29.1 Å². The molecule has 26 heavy (non-hydrogen) atoms. The zero-order chi connectivity index (χ0) is 17.9. The van der Waals surface area contributed by atoms with E-state index in [2.05, 4.69) is 0 Å². The van der Waals surface area contributed by atoms with Crippen LogP contribution in [0.15, 0.2) is 76.5 Å². The largest absolute Gasteiger partial charge is 0.497 e. The van der Waals surface area contributed by atoms with Crippen molar-refractivity contribution >= 4 is 23.0 Å². The van der Waals surface area contributed by atoms with E-state index in [1.165, 1.54) is 11.3 Å². The summed E-state index contributed by atoms with van der Waals surface area (Å²) in [5.41, 5.74) is 3.62. The van der Waals surface area contributed by atoms with Gasteiger partial charge in [0.15, 0.2) is 0 Å². The molecule has 4 nitrogen and oxygen atoms in total. The number of nitrogens with zero attached hydrogens (tertiary/aromatic N) is 2. The minimum atomic E-state index is -0.107. The highest BCUT2D eigenvalue weighted by Gasteiger charge is 2.33. The second-order valence-electron chi connectivity index (χ2n) is 6.07. The van der Waals surface area contributed by atoms with Gasteiger partial charge in [0, 0.05) is 17.4 Å². The predicted octanol–water partition coefficient (Wildman–Crippen LogP) is 4.75. The Morgan fingerprint density at radius 2 is 2.00 bits per heavy atom. The number of methoxy groups -OCH3 is 1. The smallest absolute Gasteiger partial charge is 0.275 e. The molecular weight excluding hydrogens is 344 g/mol. The van der Waals surface area contributed by atoms with Gasteiger partial charge in [-0.3, -0.25) is 4.79 Å². The fraction of sp³-hybridized carbons (Fsp3) is 0.143. The number of carbonyl (C=O) groups is 1. The van der Waals surface area contributed by atoms with Crippen LogP contribution in [0.3, 0.4) is 0 Å². The molecule has 0 aliphatic carbocycles. The van der Waals surface area contributed by atoms with Crippen LogP contribution in [0.1, 0.15) is 33.9 Å². The van der Waals surface area contributed by atoms with Crippen LogP contribution in [-0.4, -0.2) is 23.7 Å². The van der Waals surface area contributed by atoms with Gasteiger partial charge in [-0.2, -0.15) is 16.4 Å². The molecule has 1 atom stereocenters. The van der Waals surface area contributed by atoms with Crippen molar-refractivity contribution in [2.45, 2.75) is 12.5 Å². The SMILES string of the molecule is COc1cccc(C2=NN(C(=O)c3ccsc3)[C@H](c3ccccc3)C2)c1. The second kappa shape index (κ2) is 7.14. The molecule has 0 saturated carbocycles. The van der Waals surface area contributed by atoms with Crippen LogP contribution in [0.2, 0.25) is 0 Å². The molecule has 1 aliphatic rings. The van der Waals surface area contributed by atoms with Gasteiger partial charge in [-0.25, -0.2) is 5.01 Å². The maximum atomic E-state index is 13.0. The molecule has 0 radical (unpaired) electrons. The highest BCUT2D eigenvalue weighted by molar-refractivity contribution is 7.08. The third-order valence-corrected chi connectivity index (χ3v) is 5.16. The first kappa shape index (κ1) is 16.5. The van der Waals surface area contributed by atoms with E-state index in [-0.39, 0.29) is 11.9 Å². The molecular formula is C21H18N2O2S. The van der Waals surface area contributed by atoms with Gasteiger partial charge < -0.3 is 4.74 Å². The molecule has 0 spiro atoms. The molecule has 1 amide bonds. The molecule has 0 fully saturated rings. The quantitative estimate of drug-likeness (QED) is 0.672. The summed E-state index contributed by atoms with van der Waals surface area (Å²) in [6.45, 7) is 0. The Morgan fingerprint density at radius 1 is 1.15 bits per heavy atom. The van der Waals surface area contributed by atoms with Gasteiger partial charge in [0.1, 0.15) is 5.75 Å². The van der Waals surface area contributed by atoms with Crippen molar-refractivity contribution < 1.29 is 9.53 Å². The Morgan fingerprint density at radius 3 is 2.73 bits per heavy atom. The average Bonchev–Trinajstić information content (AvgIpc) is 3.38. The first-order valence-corrected chi connectivity index (χ1v) is 9.33. The summed E-state index contributed by atoms with van der Waals surface area (Å²) in [6, 6.07) is 19.6. The minimum absolute atomic E-state index is 0.0713. The third kappa shape index (κ3) is 3.13. The standard InChI is InChI=1S/C21H18N2O2S/c1-25-18-9-5-8-16(12-18)19-13-20(15-6-3-2-4-7-15)23(22-19)21(24)17-10-11-26-14-17/h2-12,14,20H,13H2,1H3/t20-/m0/s1. The second-order valence-corrected chi connectivity index (χ2v) is 6.85. The van der Waals surface area contributed by atoms with Crippen LogP contribution >= 0.6 is 11.3 Å². The van der Waals surface area contributed by atoms with E-state index in [0.717, 1.165) is 22.6 Å². The van der Waals surface area contributed by atoms with Gasteiger partial charge in [-0.15, -0.1) is 0 Å². The molecule has 2 heterocycles. The van der Waals surface area contributed by atoms with E-state index in [0.29, 0.717) is 12.0 Å². The summed E-state index contributed by atoms with van der Waals surface area (Å²) < 4.78 is 5.32. The highest BCUT2D eigenvalue weighted by Crippen LogP contribution is 2.34. The summed E-state index contributed by atoms with van der Waals surface area (Å²) in [5, 5.41) is 10.1. The number of ether oxygens (including phenoxy) is 1. The molecule has 0 saturated heterocycles. The van der Waals surface area contributed by atoms with Crippen LogP contribution in [-0.2, 0) is 0 Å². The summed E-state index contributed by atoms with van der Waals surface area (Å²) in [5.74, 6) is 0.710. The Bertz CT molecular complexity index is 936. The van der Waals surface area contributed by atoms with Gasteiger partial charge >= 0.3 is 0 Å². The summed E-state index contributed by atoms with van der Waals surface area (Å²) in [4.78, 5) is 13.0. The molecule has 5 heteroatoms. The number of hydrogen-bond donors (Lipinski definition) is 0. The molecule has 2 aromatic carbocycles. The Labute approximate surface area is 156 Å². The number of benzene rings is 2. The van der Waals surface area contributed by atoms with Crippen LogP contribution in [0.4, 0.5) is 0 Å². The Hall–Kier alpha value is -2.92. The van der Waals surface area contributed by atoms with Gasteiger partial charge in [0.25, 0.3) is 5.91 Å². The predicted molar refractivity (Wildman–Crippen MR) is 104 cm³/mol. The van der Waals surface area contributed by atoms with Crippen LogP contribution < -0.4 is 4.74 Å². The van der Waals surface area contributed by atoms with E-state index >= 15 is 0 Å². The summed E-state index contributed by atoms with van der Waals surface area (Å²) in [7, 11) is 1.65. The van der Waals surface area contributed by atoms with E-state index < -0.39 is 0 Å². The number of carbonyl (C=O) groups excluding carboxylic acids is 1. The third-order valence-electron chi connectivity index (χ3n) is 4.47. The topological polar surface area (TPSA) is 41.9 Å². The van der Waals surface area contributed by atoms with Crippen molar-refractivity contribution in [2.24, 2.45) is 5.10 Å². The first-order chi connectivity index (χ1) is 12.8. The number of hydrazone groups is 1. The number of hydrogen-bond acceptors (Lipinski definition) is 4. The molecule has 1 aliphatic heterocycles. The molecule has 130 valence electrons. The van der Waals surface area contributed by atoms with Crippen molar-refractivity contribution in [2.75, 3.05) is 7.11 Å². The van der Waals surface area contributed by atoms with Crippen LogP contribution in [0, 0.1) is 0 Å². The van der Waals surface area contributed by atoms with Gasteiger partial charge in [0.05, 0.1) is 24.4 Å². The van der Waals surface area contributed by atoms with Gasteiger partial charge in [-0.1, -0.05) is 42.5 Å². The van der Waals surface area contributed by atoms with E-state index in [9.17, 15) is 4.79 Å². The molecule has 1 aromatic heterocycles. The molecule has 3 aromatic rings. The molecule has 4 rings (SSSR count). The Balaban J connectivity index is 1.72. The van der Waals surface area contributed by atoms with Crippen molar-refractivity contribution in [1.82, 2.24) is 5.01 Å². The van der Waals surface area contributed by atoms with Gasteiger partial charge in [0.2, 0.25) is 0 Å². The normalized spacial score (nSPS) is 16.4. The van der Waals surface area contributed by atoms with Crippen molar-refractivity contribution in [3.05, 3.63) is 88.1 Å². The average molecular weight is 362 g/mol. The summed E-state index contributed by atoms with van der Waals surface area (Å²) >= 11 is 1.51. The number of amides is 1. The van der Waals surface area contributed by atoms with Crippen molar-refractivity contribution in [1.29, 1.82) is 0 Å².